The molecular weight excluding hydrogens is 292 g/mol. The Bertz CT molecular complexity index is 565. The second-order valence-electron chi connectivity index (χ2n) is 3.77. The van der Waals surface area contributed by atoms with Crippen LogP contribution in [-0.2, 0) is 0 Å². The molecule has 0 aliphatic rings. The van der Waals surface area contributed by atoms with Gasteiger partial charge in [-0.2, -0.15) is 0 Å². The first-order chi connectivity index (χ1) is 9.49. The summed E-state index contributed by atoms with van der Waals surface area (Å²) in [5, 5.41) is 4.10. The fourth-order valence-electron chi connectivity index (χ4n) is 1.49. The topological polar surface area (TPSA) is 24.1 Å². The van der Waals surface area contributed by atoms with E-state index < -0.39 is 34.6 Å². The van der Waals surface area contributed by atoms with Gasteiger partial charge in [0.15, 0.2) is 5.11 Å². The highest BCUT2D eigenvalue weighted by Crippen LogP contribution is 2.21. The molecule has 0 bridgehead atoms. The van der Waals surface area contributed by atoms with E-state index in [0.29, 0.717) is 0 Å². The minimum atomic E-state index is -0.872. The van der Waals surface area contributed by atoms with E-state index in [2.05, 4.69) is 10.6 Å². The van der Waals surface area contributed by atoms with Crippen LogP contribution in [0.4, 0.5) is 28.9 Å². The zero-order valence-corrected chi connectivity index (χ0v) is 10.7. The van der Waals surface area contributed by atoms with Gasteiger partial charge in [0.25, 0.3) is 0 Å². The molecule has 104 valence electrons. The summed E-state index contributed by atoms with van der Waals surface area (Å²) in [6.45, 7) is 0. The molecule has 2 aromatic carbocycles. The summed E-state index contributed by atoms with van der Waals surface area (Å²) in [6, 6.07) is 6.47. The molecule has 0 fully saturated rings. The summed E-state index contributed by atoms with van der Waals surface area (Å²) < 4.78 is 53.5. The van der Waals surface area contributed by atoms with Crippen LogP contribution >= 0.6 is 12.2 Å². The Morgan fingerprint density at radius 1 is 0.700 bits per heavy atom. The van der Waals surface area contributed by atoms with Gasteiger partial charge in [0.05, 0.1) is 0 Å². The molecule has 0 atom stereocenters. The summed E-state index contributed by atoms with van der Waals surface area (Å²) in [5.41, 5.74) is -0.997. The van der Waals surface area contributed by atoms with Crippen LogP contribution in [0.5, 0.6) is 0 Å². The third-order valence-corrected chi connectivity index (χ3v) is 2.61. The third kappa shape index (κ3) is 3.05. The van der Waals surface area contributed by atoms with Crippen molar-refractivity contribution in [1.29, 1.82) is 0 Å². The number of nitrogens with one attached hydrogen (secondary N) is 2. The van der Waals surface area contributed by atoms with Crippen LogP contribution in [0, 0.1) is 23.3 Å². The van der Waals surface area contributed by atoms with E-state index in [1.165, 1.54) is 12.1 Å². The predicted molar refractivity (Wildman–Crippen MR) is 72.6 cm³/mol. The fraction of sp³-hybridized carbons (Fsp3) is 0. The average molecular weight is 300 g/mol. The monoisotopic (exact) mass is 300 g/mol. The molecule has 2 nitrogen and oxygen atoms in total. The Labute approximate surface area is 117 Å². The Morgan fingerprint density at radius 2 is 1.00 bits per heavy atom. The molecule has 20 heavy (non-hydrogen) atoms. The van der Waals surface area contributed by atoms with Gasteiger partial charge in [0.1, 0.15) is 34.6 Å². The van der Waals surface area contributed by atoms with Crippen molar-refractivity contribution in [2.24, 2.45) is 0 Å². The first-order valence-corrected chi connectivity index (χ1v) is 5.86. The molecule has 0 aliphatic heterocycles. The number of rotatable bonds is 2. The maximum absolute atomic E-state index is 13.4. The normalized spacial score (nSPS) is 10.2. The molecule has 0 spiro atoms. The van der Waals surface area contributed by atoms with E-state index in [1.54, 1.807) is 0 Å². The van der Waals surface area contributed by atoms with Gasteiger partial charge in [0, 0.05) is 0 Å². The van der Waals surface area contributed by atoms with Gasteiger partial charge in [0.2, 0.25) is 0 Å². The molecule has 0 saturated carbocycles. The SMILES string of the molecule is Fc1cccc(F)c1NC(=S)Nc1c(F)cccc1F. The number of anilines is 2. The second kappa shape index (κ2) is 5.87. The minimum absolute atomic E-state index is 0.335. The molecule has 2 aromatic rings. The number of hydrogen-bond donors (Lipinski definition) is 2. The van der Waals surface area contributed by atoms with Crippen LogP contribution in [0.25, 0.3) is 0 Å². The smallest absolute Gasteiger partial charge is 0.175 e. The van der Waals surface area contributed by atoms with Gasteiger partial charge in [-0.3, -0.25) is 0 Å². The lowest BCUT2D eigenvalue weighted by Crippen LogP contribution is -2.22. The summed E-state index contributed by atoms with van der Waals surface area (Å²) in [7, 11) is 0. The minimum Gasteiger partial charge on any atom is -0.328 e. The van der Waals surface area contributed by atoms with Crippen LogP contribution in [0.3, 0.4) is 0 Å². The summed E-state index contributed by atoms with van der Waals surface area (Å²) in [5.74, 6) is -3.49. The molecule has 0 heterocycles. The van der Waals surface area contributed by atoms with E-state index in [0.717, 1.165) is 24.3 Å². The van der Waals surface area contributed by atoms with Crippen molar-refractivity contribution in [2.75, 3.05) is 10.6 Å². The van der Waals surface area contributed by atoms with E-state index >= 15 is 0 Å². The Balaban J connectivity index is 2.18. The lowest BCUT2D eigenvalue weighted by Gasteiger charge is -2.12. The van der Waals surface area contributed by atoms with Crippen LogP contribution in [0.2, 0.25) is 0 Å². The van der Waals surface area contributed by atoms with Gasteiger partial charge in [-0.05, 0) is 36.5 Å². The number of benzene rings is 2. The van der Waals surface area contributed by atoms with Crippen molar-refractivity contribution in [3.05, 3.63) is 59.7 Å². The van der Waals surface area contributed by atoms with Crippen molar-refractivity contribution < 1.29 is 17.6 Å². The standard InChI is InChI=1S/C13H8F4N2S/c14-7-3-1-4-8(15)11(7)18-13(20)19-12-9(16)5-2-6-10(12)17/h1-6H,(H2,18,19,20). The van der Waals surface area contributed by atoms with Crippen LogP contribution in [0.1, 0.15) is 0 Å². The number of hydrogen-bond acceptors (Lipinski definition) is 1. The molecule has 2 N–H and O–H groups in total. The first kappa shape index (κ1) is 14.3. The maximum Gasteiger partial charge on any atom is 0.175 e. The maximum atomic E-state index is 13.4. The zero-order valence-electron chi connectivity index (χ0n) is 9.88. The Morgan fingerprint density at radius 3 is 1.30 bits per heavy atom. The molecule has 0 unspecified atom stereocenters. The lowest BCUT2D eigenvalue weighted by molar-refractivity contribution is 0.590. The summed E-state index contributed by atoms with van der Waals surface area (Å²) in [6.07, 6.45) is 0. The number of para-hydroxylation sites is 2. The van der Waals surface area contributed by atoms with E-state index in [-0.39, 0.29) is 5.11 Å². The molecule has 0 aliphatic carbocycles. The quantitative estimate of drug-likeness (QED) is 0.646. The highest BCUT2D eigenvalue weighted by atomic mass is 32.1. The Kier molecular flexibility index (Phi) is 4.19. The lowest BCUT2D eigenvalue weighted by atomic mass is 10.3. The van der Waals surface area contributed by atoms with Crippen molar-refractivity contribution in [1.82, 2.24) is 0 Å². The molecule has 0 radical (unpaired) electrons. The zero-order chi connectivity index (χ0) is 14.7. The van der Waals surface area contributed by atoms with Crippen molar-refractivity contribution in [2.45, 2.75) is 0 Å². The van der Waals surface area contributed by atoms with E-state index in [4.69, 9.17) is 12.2 Å². The third-order valence-electron chi connectivity index (χ3n) is 2.40. The summed E-state index contributed by atoms with van der Waals surface area (Å²) in [4.78, 5) is 0. The highest BCUT2D eigenvalue weighted by molar-refractivity contribution is 7.80. The summed E-state index contributed by atoms with van der Waals surface area (Å²) >= 11 is 4.77. The van der Waals surface area contributed by atoms with E-state index in [9.17, 15) is 17.6 Å². The van der Waals surface area contributed by atoms with Gasteiger partial charge in [-0.25, -0.2) is 17.6 Å². The van der Waals surface area contributed by atoms with Crippen LogP contribution in [0.15, 0.2) is 36.4 Å². The van der Waals surface area contributed by atoms with Gasteiger partial charge >= 0.3 is 0 Å². The van der Waals surface area contributed by atoms with Gasteiger partial charge in [-0.1, -0.05) is 12.1 Å². The number of halogens is 4. The fourth-order valence-corrected chi connectivity index (χ4v) is 1.70. The van der Waals surface area contributed by atoms with Gasteiger partial charge < -0.3 is 10.6 Å². The first-order valence-electron chi connectivity index (χ1n) is 5.45. The van der Waals surface area contributed by atoms with Crippen molar-refractivity contribution in [3.63, 3.8) is 0 Å². The van der Waals surface area contributed by atoms with Crippen molar-refractivity contribution >= 4 is 28.7 Å². The predicted octanol–water partition coefficient (Wildman–Crippen LogP) is 4.05. The molecular formula is C13H8F4N2S. The molecule has 0 amide bonds. The molecule has 2 rings (SSSR count). The molecule has 0 saturated heterocycles. The highest BCUT2D eigenvalue weighted by Gasteiger charge is 2.13. The van der Waals surface area contributed by atoms with Crippen molar-refractivity contribution in [3.8, 4) is 0 Å². The average Bonchev–Trinajstić information content (AvgIpc) is 2.39. The van der Waals surface area contributed by atoms with E-state index in [1.807, 2.05) is 0 Å². The van der Waals surface area contributed by atoms with Crippen LogP contribution in [-0.4, -0.2) is 5.11 Å². The number of thiocarbonyl (C=S) groups is 1. The molecule has 7 heteroatoms. The van der Waals surface area contributed by atoms with Gasteiger partial charge in [-0.15, -0.1) is 0 Å². The largest absolute Gasteiger partial charge is 0.328 e. The molecule has 0 aromatic heterocycles. The second-order valence-corrected chi connectivity index (χ2v) is 4.18. The van der Waals surface area contributed by atoms with Crippen LogP contribution < -0.4 is 10.6 Å². The Hall–Kier alpha value is -2.15.